The lowest BCUT2D eigenvalue weighted by Crippen LogP contribution is -1.86. The molecule has 16 heavy (non-hydrogen) atoms. The first kappa shape index (κ1) is 12.9. The maximum absolute atomic E-state index is 5.81. The van der Waals surface area contributed by atoms with Crippen molar-refractivity contribution < 1.29 is 0 Å². The van der Waals surface area contributed by atoms with Crippen LogP contribution in [0.5, 0.6) is 0 Å². The van der Waals surface area contributed by atoms with Crippen LogP contribution in [0.15, 0.2) is 24.5 Å². The zero-order valence-electron chi connectivity index (χ0n) is 10.2. The van der Waals surface area contributed by atoms with Gasteiger partial charge in [0.25, 0.3) is 0 Å². The standard InChI is InChI=1S/C9H7ClN2.C4H10/c1-6-8-3-2-7(10)4-9(8)12-5-11-6;1-4(2)3/h2-5H,1H3;4H,1-3H3. The molecule has 0 amide bonds. The number of fused-ring (bicyclic) bond motifs is 1. The Morgan fingerprint density at radius 1 is 1.12 bits per heavy atom. The predicted molar refractivity (Wildman–Crippen MR) is 69.8 cm³/mol. The molecule has 0 atom stereocenters. The highest BCUT2D eigenvalue weighted by molar-refractivity contribution is 6.31. The average Bonchev–Trinajstić information content (AvgIpc) is 2.16. The number of halogens is 1. The molecule has 1 heterocycles. The summed E-state index contributed by atoms with van der Waals surface area (Å²) in [5.41, 5.74) is 1.88. The van der Waals surface area contributed by atoms with Gasteiger partial charge in [-0.3, -0.25) is 0 Å². The number of aryl methyl sites for hydroxylation is 1. The van der Waals surface area contributed by atoms with E-state index < -0.39 is 0 Å². The molecule has 3 heteroatoms. The monoisotopic (exact) mass is 236 g/mol. The summed E-state index contributed by atoms with van der Waals surface area (Å²) in [6, 6.07) is 5.62. The second kappa shape index (κ2) is 5.80. The van der Waals surface area contributed by atoms with Gasteiger partial charge in [0.1, 0.15) is 6.33 Å². The van der Waals surface area contributed by atoms with Crippen LogP contribution in [-0.2, 0) is 0 Å². The summed E-state index contributed by atoms with van der Waals surface area (Å²) in [6.45, 7) is 8.46. The van der Waals surface area contributed by atoms with Crippen LogP contribution >= 0.6 is 11.6 Å². The Morgan fingerprint density at radius 3 is 2.38 bits per heavy atom. The second-order valence-electron chi connectivity index (χ2n) is 4.35. The Balaban J connectivity index is 0.000000280. The van der Waals surface area contributed by atoms with Crippen LogP contribution in [0.2, 0.25) is 5.02 Å². The minimum atomic E-state index is 0.709. The summed E-state index contributed by atoms with van der Waals surface area (Å²) in [5, 5.41) is 1.77. The van der Waals surface area contributed by atoms with E-state index >= 15 is 0 Å². The first-order valence-electron chi connectivity index (χ1n) is 5.37. The zero-order valence-corrected chi connectivity index (χ0v) is 10.9. The van der Waals surface area contributed by atoms with Crippen LogP contribution in [0.25, 0.3) is 10.9 Å². The van der Waals surface area contributed by atoms with Crippen molar-refractivity contribution in [2.75, 3.05) is 0 Å². The molecule has 86 valence electrons. The Bertz CT molecular complexity index is 464. The summed E-state index contributed by atoms with van der Waals surface area (Å²) in [7, 11) is 0. The lowest BCUT2D eigenvalue weighted by atomic mass is 10.2. The third kappa shape index (κ3) is 3.78. The Hall–Kier alpha value is -1.15. The molecular weight excluding hydrogens is 220 g/mol. The summed E-state index contributed by atoms with van der Waals surface area (Å²) in [6.07, 6.45) is 1.55. The van der Waals surface area contributed by atoms with Crippen LogP contribution < -0.4 is 0 Å². The van der Waals surface area contributed by atoms with Gasteiger partial charge < -0.3 is 0 Å². The van der Waals surface area contributed by atoms with Gasteiger partial charge in [-0.25, -0.2) is 9.97 Å². The maximum Gasteiger partial charge on any atom is 0.116 e. The van der Waals surface area contributed by atoms with Crippen molar-refractivity contribution in [2.24, 2.45) is 5.92 Å². The minimum absolute atomic E-state index is 0.709. The van der Waals surface area contributed by atoms with E-state index in [2.05, 4.69) is 30.7 Å². The van der Waals surface area contributed by atoms with Crippen LogP contribution in [0.3, 0.4) is 0 Å². The van der Waals surface area contributed by atoms with Crippen molar-refractivity contribution in [1.29, 1.82) is 0 Å². The normalized spacial score (nSPS) is 10.1. The van der Waals surface area contributed by atoms with Crippen molar-refractivity contribution in [1.82, 2.24) is 9.97 Å². The topological polar surface area (TPSA) is 25.8 Å². The zero-order chi connectivity index (χ0) is 12.1. The predicted octanol–water partition coefficient (Wildman–Crippen LogP) is 4.25. The van der Waals surface area contributed by atoms with Gasteiger partial charge in [0, 0.05) is 16.1 Å². The molecule has 0 aliphatic carbocycles. The number of hydrogen-bond acceptors (Lipinski definition) is 2. The molecule has 0 fully saturated rings. The van der Waals surface area contributed by atoms with E-state index in [1.807, 2.05) is 25.1 Å². The van der Waals surface area contributed by atoms with Crippen molar-refractivity contribution in [3.8, 4) is 0 Å². The fourth-order valence-electron chi connectivity index (χ4n) is 1.16. The highest BCUT2D eigenvalue weighted by Crippen LogP contribution is 2.18. The molecule has 1 aromatic heterocycles. The molecule has 0 N–H and O–H groups in total. The lowest BCUT2D eigenvalue weighted by molar-refractivity contribution is 0.737. The van der Waals surface area contributed by atoms with E-state index in [1.165, 1.54) is 0 Å². The minimum Gasteiger partial charge on any atom is -0.241 e. The summed E-state index contributed by atoms with van der Waals surface area (Å²) >= 11 is 5.81. The number of aromatic nitrogens is 2. The van der Waals surface area contributed by atoms with Crippen molar-refractivity contribution in [3.05, 3.63) is 35.2 Å². The summed E-state index contributed by atoms with van der Waals surface area (Å²) < 4.78 is 0. The summed E-state index contributed by atoms with van der Waals surface area (Å²) in [4.78, 5) is 8.19. The van der Waals surface area contributed by atoms with Crippen LogP contribution in [0.1, 0.15) is 26.5 Å². The molecule has 0 unspecified atom stereocenters. The molecule has 0 radical (unpaired) electrons. The molecule has 0 aliphatic rings. The van der Waals surface area contributed by atoms with Gasteiger partial charge in [0.05, 0.1) is 5.52 Å². The number of benzene rings is 1. The van der Waals surface area contributed by atoms with Gasteiger partial charge in [-0.05, 0) is 31.0 Å². The van der Waals surface area contributed by atoms with E-state index in [0.717, 1.165) is 22.5 Å². The smallest absolute Gasteiger partial charge is 0.116 e. The molecule has 0 aliphatic heterocycles. The van der Waals surface area contributed by atoms with Gasteiger partial charge in [0.2, 0.25) is 0 Å². The van der Waals surface area contributed by atoms with Crippen LogP contribution in [-0.4, -0.2) is 9.97 Å². The van der Waals surface area contributed by atoms with E-state index in [0.29, 0.717) is 5.02 Å². The van der Waals surface area contributed by atoms with Crippen LogP contribution in [0, 0.1) is 12.8 Å². The molecule has 2 aromatic rings. The largest absolute Gasteiger partial charge is 0.241 e. The number of hydrogen-bond donors (Lipinski definition) is 0. The molecule has 0 saturated carbocycles. The highest BCUT2D eigenvalue weighted by atomic mass is 35.5. The summed E-state index contributed by atoms with van der Waals surface area (Å²) in [5.74, 6) is 0.833. The molecular formula is C13H17ClN2. The van der Waals surface area contributed by atoms with E-state index in [-0.39, 0.29) is 0 Å². The SMILES string of the molecule is CC(C)C.Cc1ncnc2cc(Cl)ccc12. The van der Waals surface area contributed by atoms with Gasteiger partial charge >= 0.3 is 0 Å². The Kier molecular flexibility index (Phi) is 4.69. The number of nitrogens with zero attached hydrogens (tertiary/aromatic N) is 2. The van der Waals surface area contributed by atoms with E-state index in [9.17, 15) is 0 Å². The third-order valence-electron chi connectivity index (χ3n) is 1.80. The maximum atomic E-state index is 5.81. The van der Waals surface area contributed by atoms with E-state index in [4.69, 9.17) is 11.6 Å². The second-order valence-corrected chi connectivity index (χ2v) is 4.79. The quantitative estimate of drug-likeness (QED) is 0.683. The molecule has 0 spiro atoms. The molecule has 1 aromatic carbocycles. The molecule has 0 saturated heterocycles. The van der Waals surface area contributed by atoms with Gasteiger partial charge in [-0.2, -0.15) is 0 Å². The first-order valence-corrected chi connectivity index (χ1v) is 5.75. The van der Waals surface area contributed by atoms with Gasteiger partial charge in [-0.1, -0.05) is 32.4 Å². The molecule has 0 bridgehead atoms. The highest BCUT2D eigenvalue weighted by Gasteiger charge is 1.98. The van der Waals surface area contributed by atoms with Crippen molar-refractivity contribution >= 4 is 22.5 Å². The lowest BCUT2D eigenvalue weighted by Gasteiger charge is -1.98. The third-order valence-corrected chi connectivity index (χ3v) is 2.03. The van der Waals surface area contributed by atoms with Crippen molar-refractivity contribution in [2.45, 2.75) is 27.7 Å². The van der Waals surface area contributed by atoms with Gasteiger partial charge in [0.15, 0.2) is 0 Å². The average molecular weight is 237 g/mol. The van der Waals surface area contributed by atoms with Gasteiger partial charge in [-0.15, -0.1) is 0 Å². The fraction of sp³-hybridized carbons (Fsp3) is 0.385. The molecule has 2 rings (SSSR count). The molecule has 2 nitrogen and oxygen atoms in total. The number of rotatable bonds is 0. The van der Waals surface area contributed by atoms with Crippen molar-refractivity contribution in [3.63, 3.8) is 0 Å². The Labute approximate surface area is 102 Å². The Morgan fingerprint density at radius 2 is 1.75 bits per heavy atom. The van der Waals surface area contributed by atoms with E-state index in [1.54, 1.807) is 6.33 Å². The fourth-order valence-corrected chi connectivity index (χ4v) is 1.33. The van der Waals surface area contributed by atoms with Crippen LogP contribution in [0.4, 0.5) is 0 Å². The first-order chi connectivity index (χ1) is 7.50.